The topological polar surface area (TPSA) is 207 Å². The molecule has 2 aromatic carbocycles. The van der Waals surface area contributed by atoms with Crippen molar-refractivity contribution in [2.75, 3.05) is 38.2 Å². The highest BCUT2D eigenvalue weighted by Crippen LogP contribution is 2.36. The maximum absolute atomic E-state index is 13.3. The molecule has 318 valence electrons. The van der Waals surface area contributed by atoms with Gasteiger partial charge in [-0.1, -0.05) is 31.7 Å². The number of carbonyl (C=O) groups excluding carboxylic acids is 6. The number of aromatic nitrogens is 4. The minimum Gasteiger partial charge on any atom is -0.466 e. The van der Waals surface area contributed by atoms with E-state index in [-0.39, 0.29) is 62.8 Å². The number of ether oxygens (including phenoxy) is 5. The summed E-state index contributed by atoms with van der Waals surface area (Å²) in [6, 6.07) is 16.7. The van der Waals surface area contributed by atoms with Crippen LogP contribution in [-0.4, -0.2) is 99.4 Å². The number of anilines is 1. The molecule has 3 heterocycles. The first-order valence-electron chi connectivity index (χ1n) is 19.8. The number of hydrogen-bond acceptors (Lipinski definition) is 14. The molecule has 1 saturated heterocycles. The summed E-state index contributed by atoms with van der Waals surface area (Å²) in [5, 5.41) is 8.49. The number of piperidine rings is 1. The van der Waals surface area contributed by atoms with Gasteiger partial charge in [-0.2, -0.15) is 5.10 Å². The van der Waals surface area contributed by atoms with E-state index in [1.54, 1.807) is 11.8 Å². The molecule has 1 N–H and O–H groups in total. The minimum absolute atomic E-state index is 0.0555. The van der Waals surface area contributed by atoms with Gasteiger partial charge >= 0.3 is 23.9 Å². The first-order chi connectivity index (χ1) is 28.9. The standard InChI is InChI=1S/C43H50N6O11/c1-5-37(53)48-20-11-12-32(24-48)49-43-40(41(47-49)31-16-18-34(19-17-31)59-33-13-7-6-8-14-33)42(44-27-45-43)46-36(52)15-9-10-21-56-38(54)22-28(2)23-39(55)60-35(25-57-29(3)50)26-58-30(4)51/h5-8,13-14,16-19,27-28,32,35H,1,9-12,15,20-26H2,2-4H3,(H,44,45,46,52)/t28?,32-/m1/s1. The molecule has 0 radical (unpaired) electrons. The molecule has 2 atom stereocenters. The number of benzene rings is 2. The van der Waals surface area contributed by atoms with Gasteiger partial charge in [0.25, 0.3) is 0 Å². The van der Waals surface area contributed by atoms with E-state index in [2.05, 4.69) is 21.9 Å². The monoisotopic (exact) mass is 826 g/mol. The summed E-state index contributed by atoms with van der Waals surface area (Å²) in [5.41, 5.74) is 1.81. The Morgan fingerprint density at radius 2 is 1.57 bits per heavy atom. The van der Waals surface area contributed by atoms with Gasteiger partial charge in [0, 0.05) is 51.8 Å². The number of nitrogens with zero attached hydrogens (tertiary/aromatic N) is 5. The summed E-state index contributed by atoms with van der Waals surface area (Å²) in [6.45, 7) is 8.27. The zero-order valence-electron chi connectivity index (χ0n) is 34.0. The van der Waals surface area contributed by atoms with Crippen molar-refractivity contribution in [3.8, 4) is 22.8 Å². The minimum atomic E-state index is -0.983. The van der Waals surface area contributed by atoms with Crippen molar-refractivity contribution in [2.24, 2.45) is 5.92 Å². The summed E-state index contributed by atoms with van der Waals surface area (Å²) in [5.74, 6) is -1.61. The van der Waals surface area contributed by atoms with Crippen molar-refractivity contribution in [3.05, 3.63) is 73.6 Å². The van der Waals surface area contributed by atoms with Crippen LogP contribution in [0.3, 0.4) is 0 Å². The Kier molecular flexibility index (Phi) is 16.2. The van der Waals surface area contributed by atoms with Gasteiger partial charge in [-0.25, -0.2) is 14.6 Å². The Balaban J connectivity index is 1.17. The number of rotatable bonds is 20. The molecule has 60 heavy (non-hydrogen) atoms. The molecule has 0 spiro atoms. The van der Waals surface area contributed by atoms with Crippen LogP contribution in [-0.2, 0) is 47.7 Å². The van der Waals surface area contributed by atoms with E-state index in [1.807, 2.05) is 59.3 Å². The first-order valence-corrected chi connectivity index (χ1v) is 19.8. The van der Waals surface area contributed by atoms with Gasteiger partial charge in [-0.05, 0) is 74.1 Å². The lowest BCUT2D eigenvalue weighted by atomic mass is 10.0. The van der Waals surface area contributed by atoms with Gasteiger partial charge in [0.2, 0.25) is 11.8 Å². The zero-order valence-corrected chi connectivity index (χ0v) is 34.0. The first kappa shape index (κ1) is 44.5. The average Bonchev–Trinajstić information content (AvgIpc) is 3.62. The molecular weight excluding hydrogens is 777 g/mol. The van der Waals surface area contributed by atoms with Crippen LogP contribution in [0.25, 0.3) is 22.3 Å². The van der Waals surface area contributed by atoms with Gasteiger partial charge in [-0.3, -0.25) is 28.8 Å². The van der Waals surface area contributed by atoms with Gasteiger partial charge in [0.05, 0.1) is 18.0 Å². The fourth-order valence-corrected chi connectivity index (χ4v) is 6.55. The summed E-state index contributed by atoms with van der Waals surface area (Å²) in [6.07, 6.45) is 3.98. The third-order valence-corrected chi connectivity index (χ3v) is 9.42. The number of unbranched alkanes of at least 4 members (excludes halogenated alkanes) is 1. The Labute approximate surface area is 347 Å². The molecule has 0 saturated carbocycles. The summed E-state index contributed by atoms with van der Waals surface area (Å²) in [4.78, 5) is 83.9. The van der Waals surface area contributed by atoms with E-state index in [9.17, 15) is 28.8 Å². The molecule has 2 aromatic heterocycles. The molecule has 2 amide bonds. The van der Waals surface area contributed by atoms with Crippen LogP contribution in [0.5, 0.6) is 11.5 Å². The molecule has 4 aromatic rings. The largest absolute Gasteiger partial charge is 0.466 e. The highest BCUT2D eigenvalue weighted by Gasteiger charge is 2.29. The number of nitrogens with one attached hydrogen (secondary N) is 1. The van der Waals surface area contributed by atoms with E-state index in [0.717, 1.165) is 18.4 Å². The maximum Gasteiger partial charge on any atom is 0.306 e. The second-order valence-electron chi connectivity index (χ2n) is 14.4. The second-order valence-corrected chi connectivity index (χ2v) is 14.4. The number of hydrogen-bond donors (Lipinski definition) is 1. The summed E-state index contributed by atoms with van der Waals surface area (Å²) in [7, 11) is 0. The number of likely N-dealkylation sites (tertiary alicyclic amines) is 1. The van der Waals surface area contributed by atoms with Crippen molar-refractivity contribution >= 4 is 52.5 Å². The quantitative estimate of drug-likeness (QED) is 0.0488. The maximum atomic E-state index is 13.3. The van der Waals surface area contributed by atoms with Crippen LogP contribution in [0.4, 0.5) is 5.82 Å². The Bertz CT molecular complexity index is 2120. The van der Waals surface area contributed by atoms with Crippen molar-refractivity contribution in [2.45, 2.75) is 77.9 Å². The highest BCUT2D eigenvalue weighted by molar-refractivity contribution is 6.04. The van der Waals surface area contributed by atoms with E-state index >= 15 is 0 Å². The smallest absolute Gasteiger partial charge is 0.306 e. The van der Waals surface area contributed by atoms with Crippen LogP contribution in [0.1, 0.15) is 71.8 Å². The van der Waals surface area contributed by atoms with Crippen molar-refractivity contribution in [1.82, 2.24) is 24.6 Å². The Morgan fingerprint density at radius 1 is 0.883 bits per heavy atom. The fourth-order valence-electron chi connectivity index (χ4n) is 6.55. The second kappa shape index (κ2) is 21.9. The predicted octanol–water partition coefficient (Wildman–Crippen LogP) is 5.74. The van der Waals surface area contributed by atoms with E-state index < -0.39 is 35.9 Å². The van der Waals surface area contributed by atoms with E-state index in [1.165, 1.54) is 26.3 Å². The van der Waals surface area contributed by atoms with E-state index in [4.69, 9.17) is 28.8 Å². The number of amides is 2. The molecule has 1 fully saturated rings. The Hall–Kier alpha value is -6.65. The zero-order chi connectivity index (χ0) is 43.0. The lowest BCUT2D eigenvalue weighted by Crippen LogP contribution is -2.40. The van der Waals surface area contributed by atoms with Gasteiger partial charge in [-0.15, -0.1) is 0 Å². The number of para-hydroxylation sites is 1. The number of esters is 4. The molecule has 17 heteroatoms. The molecule has 17 nitrogen and oxygen atoms in total. The SMILES string of the molecule is C=CC(=O)N1CCC[C@@H](n2nc(-c3ccc(Oc4ccccc4)cc3)c3c(NC(=O)CCCCOC(=O)CC(C)CC(=O)OC(COC(C)=O)COC(C)=O)ncnc32)C1. The molecule has 5 rings (SSSR count). The van der Waals surface area contributed by atoms with Crippen molar-refractivity contribution in [1.29, 1.82) is 0 Å². The third kappa shape index (κ3) is 13.2. The molecule has 1 unspecified atom stereocenters. The van der Waals surface area contributed by atoms with Gasteiger partial charge in [0.1, 0.15) is 42.6 Å². The van der Waals surface area contributed by atoms with Crippen LogP contribution >= 0.6 is 0 Å². The van der Waals surface area contributed by atoms with Crippen LogP contribution in [0, 0.1) is 5.92 Å². The fraction of sp³-hybridized carbons (Fsp3) is 0.419. The average molecular weight is 827 g/mol. The highest BCUT2D eigenvalue weighted by atomic mass is 16.6. The lowest BCUT2D eigenvalue weighted by molar-refractivity contribution is -0.166. The third-order valence-electron chi connectivity index (χ3n) is 9.42. The summed E-state index contributed by atoms with van der Waals surface area (Å²) >= 11 is 0. The van der Waals surface area contributed by atoms with Gasteiger partial charge < -0.3 is 33.9 Å². The van der Waals surface area contributed by atoms with Crippen molar-refractivity contribution in [3.63, 3.8) is 0 Å². The van der Waals surface area contributed by atoms with Crippen molar-refractivity contribution < 1.29 is 52.5 Å². The van der Waals surface area contributed by atoms with Crippen LogP contribution in [0.15, 0.2) is 73.6 Å². The molecule has 1 aliphatic rings. The number of fused-ring (bicyclic) bond motifs is 1. The predicted molar refractivity (Wildman–Crippen MR) is 217 cm³/mol. The Morgan fingerprint density at radius 3 is 2.25 bits per heavy atom. The summed E-state index contributed by atoms with van der Waals surface area (Å²) < 4.78 is 28.2. The van der Waals surface area contributed by atoms with Crippen LogP contribution < -0.4 is 10.1 Å². The van der Waals surface area contributed by atoms with Gasteiger partial charge in [0.15, 0.2) is 11.8 Å². The lowest BCUT2D eigenvalue weighted by Gasteiger charge is -2.32. The normalized spacial score (nSPS) is 14.2. The molecule has 0 bridgehead atoms. The molecular formula is C43H50N6O11. The molecule has 1 aliphatic heterocycles. The van der Waals surface area contributed by atoms with E-state index in [0.29, 0.717) is 54.2 Å². The number of carbonyl (C=O) groups is 6. The van der Waals surface area contributed by atoms with Crippen LogP contribution in [0.2, 0.25) is 0 Å². The molecule has 0 aliphatic carbocycles.